The third-order valence-electron chi connectivity index (χ3n) is 3.75. The fourth-order valence-corrected chi connectivity index (χ4v) is 2.82. The van der Waals surface area contributed by atoms with E-state index >= 15 is 0 Å². The normalized spacial score (nSPS) is 13.1. The fourth-order valence-electron chi connectivity index (χ4n) is 2.03. The molecule has 1 amide bonds. The molecule has 0 aliphatic heterocycles. The Labute approximate surface area is 120 Å². The number of hydrogen-bond donors (Lipinski definition) is 2. The average molecular weight is 280 g/mol. The van der Waals surface area contributed by atoms with Gasteiger partial charge in [0.15, 0.2) is 0 Å². The number of hydrogen-bond acceptors (Lipinski definition) is 3. The summed E-state index contributed by atoms with van der Waals surface area (Å²) < 4.78 is 0.117. The minimum absolute atomic E-state index is 0.105. The predicted molar refractivity (Wildman–Crippen MR) is 83.2 cm³/mol. The highest BCUT2D eigenvalue weighted by molar-refractivity contribution is 8.00. The van der Waals surface area contributed by atoms with Crippen molar-refractivity contribution in [2.24, 2.45) is 5.73 Å². The van der Waals surface area contributed by atoms with Gasteiger partial charge in [-0.1, -0.05) is 44.2 Å². The molecule has 0 bridgehead atoms. The Kier molecular flexibility index (Phi) is 6.38. The number of nitrogens with one attached hydrogen (secondary N) is 1. The molecule has 0 spiro atoms. The van der Waals surface area contributed by atoms with Gasteiger partial charge in [-0.05, 0) is 24.7 Å². The molecular formula is C15H24N2OS. The molecule has 0 aliphatic carbocycles. The highest BCUT2D eigenvalue weighted by Crippen LogP contribution is 2.29. The molecule has 0 fully saturated rings. The van der Waals surface area contributed by atoms with Crippen molar-refractivity contribution in [3.63, 3.8) is 0 Å². The molecular weight excluding hydrogens is 256 g/mol. The van der Waals surface area contributed by atoms with Crippen LogP contribution in [0.3, 0.4) is 0 Å². The lowest BCUT2D eigenvalue weighted by molar-refractivity contribution is -0.122. The molecule has 4 heteroatoms. The van der Waals surface area contributed by atoms with E-state index in [0.29, 0.717) is 6.54 Å². The number of rotatable bonds is 7. The predicted octanol–water partition coefficient (Wildman–Crippen LogP) is 2.72. The lowest BCUT2D eigenvalue weighted by Gasteiger charge is -2.30. The van der Waals surface area contributed by atoms with Crippen molar-refractivity contribution in [1.29, 1.82) is 0 Å². The topological polar surface area (TPSA) is 55.1 Å². The summed E-state index contributed by atoms with van der Waals surface area (Å²) in [6, 6.07) is 8.88. The van der Waals surface area contributed by atoms with Crippen LogP contribution in [-0.2, 0) is 4.79 Å². The van der Waals surface area contributed by atoms with E-state index in [9.17, 15) is 4.79 Å². The maximum absolute atomic E-state index is 12.1. The number of benzene rings is 1. The van der Waals surface area contributed by atoms with Gasteiger partial charge < -0.3 is 11.1 Å². The first-order valence-electron chi connectivity index (χ1n) is 6.72. The van der Waals surface area contributed by atoms with Gasteiger partial charge in [0, 0.05) is 11.3 Å². The lowest BCUT2D eigenvalue weighted by Crippen LogP contribution is -2.43. The molecule has 3 N–H and O–H groups in total. The van der Waals surface area contributed by atoms with Crippen molar-refractivity contribution in [3.8, 4) is 0 Å². The summed E-state index contributed by atoms with van der Waals surface area (Å²) in [7, 11) is 0. The van der Waals surface area contributed by atoms with Crippen LogP contribution >= 0.6 is 11.8 Å². The number of carbonyl (C=O) groups is 1. The van der Waals surface area contributed by atoms with E-state index in [2.05, 4.69) is 25.4 Å². The molecule has 1 aromatic rings. The maximum atomic E-state index is 12.1. The third-order valence-corrected chi connectivity index (χ3v) is 5.34. The molecule has 3 nitrogen and oxygen atoms in total. The van der Waals surface area contributed by atoms with Crippen LogP contribution in [0.25, 0.3) is 0 Å². The average Bonchev–Trinajstić information content (AvgIpc) is 2.49. The van der Waals surface area contributed by atoms with Crippen molar-refractivity contribution in [2.45, 2.75) is 37.5 Å². The Bertz CT molecular complexity index is 382. The Morgan fingerprint density at radius 1 is 1.32 bits per heavy atom. The second-order valence-electron chi connectivity index (χ2n) is 4.70. The van der Waals surface area contributed by atoms with Crippen LogP contribution in [0.1, 0.15) is 38.3 Å². The number of thioether (sulfide) groups is 1. The zero-order valence-corrected chi connectivity index (χ0v) is 12.8. The van der Waals surface area contributed by atoms with Gasteiger partial charge in [0.2, 0.25) is 5.91 Å². The summed E-state index contributed by atoms with van der Waals surface area (Å²) in [5.41, 5.74) is 6.82. The third kappa shape index (κ3) is 4.25. The highest BCUT2D eigenvalue weighted by Gasteiger charge is 2.26. The van der Waals surface area contributed by atoms with Gasteiger partial charge in [0.05, 0.1) is 0 Å². The summed E-state index contributed by atoms with van der Waals surface area (Å²) in [6.45, 7) is 4.98. The highest BCUT2D eigenvalue weighted by atomic mass is 32.2. The summed E-state index contributed by atoms with van der Waals surface area (Å²) in [4.78, 5) is 12.1. The maximum Gasteiger partial charge on any atom is 0.241 e. The second kappa shape index (κ2) is 7.56. The Hall–Kier alpha value is -1.00. The first kappa shape index (κ1) is 16.1. The van der Waals surface area contributed by atoms with Crippen molar-refractivity contribution in [2.75, 3.05) is 12.8 Å². The van der Waals surface area contributed by atoms with Crippen LogP contribution in [0.5, 0.6) is 0 Å². The molecule has 0 radical (unpaired) electrons. The van der Waals surface area contributed by atoms with E-state index < -0.39 is 6.04 Å². The molecule has 1 aromatic carbocycles. The van der Waals surface area contributed by atoms with Crippen molar-refractivity contribution >= 4 is 17.7 Å². The summed E-state index contributed by atoms with van der Waals surface area (Å²) in [5, 5.41) is 2.99. The van der Waals surface area contributed by atoms with Crippen LogP contribution in [-0.4, -0.2) is 23.5 Å². The lowest BCUT2D eigenvalue weighted by atomic mass is 10.0. The van der Waals surface area contributed by atoms with E-state index in [4.69, 9.17) is 5.73 Å². The van der Waals surface area contributed by atoms with Crippen LogP contribution in [0, 0.1) is 0 Å². The number of nitrogens with two attached hydrogens (primary N) is 1. The molecule has 0 aromatic heterocycles. The summed E-state index contributed by atoms with van der Waals surface area (Å²) >= 11 is 1.81. The van der Waals surface area contributed by atoms with Crippen molar-refractivity contribution in [1.82, 2.24) is 5.32 Å². The van der Waals surface area contributed by atoms with Crippen molar-refractivity contribution < 1.29 is 4.79 Å². The van der Waals surface area contributed by atoms with Gasteiger partial charge in [-0.15, -0.1) is 0 Å². The second-order valence-corrected chi connectivity index (χ2v) is 5.97. The fraction of sp³-hybridized carbons (Fsp3) is 0.533. The van der Waals surface area contributed by atoms with Gasteiger partial charge in [-0.2, -0.15) is 11.8 Å². The van der Waals surface area contributed by atoms with Gasteiger partial charge in [0.1, 0.15) is 6.04 Å². The van der Waals surface area contributed by atoms with Crippen LogP contribution < -0.4 is 11.1 Å². The number of carbonyl (C=O) groups excluding carboxylic acids is 1. The number of amides is 1. The van der Waals surface area contributed by atoms with Crippen LogP contribution in [0.15, 0.2) is 30.3 Å². The minimum Gasteiger partial charge on any atom is -0.353 e. The molecule has 1 rings (SSSR count). The summed E-state index contributed by atoms with van der Waals surface area (Å²) in [6.07, 6.45) is 4.16. The van der Waals surface area contributed by atoms with E-state index in [-0.39, 0.29) is 10.7 Å². The molecule has 0 saturated carbocycles. The van der Waals surface area contributed by atoms with Gasteiger partial charge in [-0.3, -0.25) is 4.79 Å². The van der Waals surface area contributed by atoms with Gasteiger partial charge >= 0.3 is 0 Å². The Morgan fingerprint density at radius 2 is 1.89 bits per heavy atom. The molecule has 0 aliphatic rings. The SMILES string of the molecule is CCC(CC)(CNC(=O)[C@H](N)c1ccccc1)SC. The van der Waals surface area contributed by atoms with E-state index in [1.54, 1.807) is 0 Å². The molecule has 1 atom stereocenters. The van der Waals surface area contributed by atoms with Crippen LogP contribution in [0.2, 0.25) is 0 Å². The first-order valence-corrected chi connectivity index (χ1v) is 7.94. The van der Waals surface area contributed by atoms with Gasteiger partial charge in [-0.25, -0.2) is 0 Å². The van der Waals surface area contributed by atoms with Gasteiger partial charge in [0.25, 0.3) is 0 Å². The molecule has 19 heavy (non-hydrogen) atoms. The largest absolute Gasteiger partial charge is 0.353 e. The van der Waals surface area contributed by atoms with E-state index in [1.807, 2.05) is 42.1 Å². The standard InChI is InChI=1S/C15H24N2OS/c1-4-15(5-2,19-3)11-17-14(18)13(16)12-9-7-6-8-10-12/h6-10,13H,4-5,11,16H2,1-3H3,(H,17,18)/t13-/m1/s1. The Morgan fingerprint density at radius 3 is 2.37 bits per heavy atom. The van der Waals surface area contributed by atoms with E-state index in [1.165, 1.54) is 0 Å². The van der Waals surface area contributed by atoms with Crippen LogP contribution in [0.4, 0.5) is 0 Å². The zero-order valence-electron chi connectivity index (χ0n) is 12.0. The molecule has 106 valence electrons. The smallest absolute Gasteiger partial charge is 0.241 e. The zero-order chi connectivity index (χ0) is 14.3. The van der Waals surface area contributed by atoms with E-state index in [0.717, 1.165) is 18.4 Å². The first-order chi connectivity index (χ1) is 9.08. The quantitative estimate of drug-likeness (QED) is 0.807. The summed E-state index contributed by atoms with van der Waals surface area (Å²) in [5.74, 6) is -0.105. The molecule has 0 heterocycles. The molecule has 0 saturated heterocycles. The minimum atomic E-state index is -0.588. The molecule has 0 unspecified atom stereocenters. The monoisotopic (exact) mass is 280 g/mol. The Balaban J connectivity index is 2.60. The van der Waals surface area contributed by atoms with Crippen molar-refractivity contribution in [3.05, 3.63) is 35.9 Å².